The summed E-state index contributed by atoms with van der Waals surface area (Å²) in [6.07, 6.45) is -3.92. The molecule has 0 saturated carbocycles. The molecule has 2 heterocycles. The second-order valence-electron chi connectivity index (χ2n) is 7.60. The Balaban J connectivity index is 1.45. The number of ether oxygens (including phenoxy) is 1. The first-order valence-corrected chi connectivity index (χ1v) is 12.0. The number of hydrogen-bond donors (Lipinski definition) is 0. The number of sulfonamides is 1. The van der Waals surface area contributed by atoms with Gasteiger partial charge in [-0.2, -0.15) is 17.5 Å². The number of halogens is 3. The standard InChI is InChI=1S/C21H21F3N2O3S2/c1-13-6-7-14(2)19-18(13)25-20(30-19)29-16-8-10-26(11-9-16)31(27,28)17-5-3-4-15(12-17)21(22,23)24/h3-7,12,16H,8-11H2,1-2H3. The van der Waals surface area contributed by atoms with Crippen molar-refractivity contribution in [2.45, 2.75) is 43.9 Å². The van der Waals surface area contributed by atoms with E-state index in [1.165, 1.54) is 21.7 Å². The first-order valence-electron chi connectivity index (χ1n) is 9.76. The van der Waals surface area contributed by atoms with Gasteiger partial charge in [-0.1, -0.05) is 29.5 Å². The molecule has 0 radical (unpaired) electrons. The fourth-order valence-corrected chi connectivity index (χ4v) is 6.15. The lowest BCUT2D eigenvalue weighted by molar-refractivity contribution is -0.137. The lowest BCUT2D eigenvalue weighted by atomic mass is 10.1. The predicted octanol–water partition coefficient (Wildman–Crippen LogP) is 5.16. The SMILES string of the molecule is Cc1ccc(C)c2sc(OC3CCN(S(=O)(=O)c4cccc(C(F)(F)F)c4)CC3)nc12. The monoisotopic (exact) mass is 470 g/mol. The molecular weight excluding hydrogens is 449 g/mol. The van der Waals surface area contributed by atoms with Crippen LogP contribution in [-0.2, 0) is 16.2 Å². The van der Waals surface area contributed by atoms with E-state index >= 15 is 0 Å². The van der Waals surface area contributed by atoms with Crippen LogP contribution >= 0.6 is 11.3 Å². The van der Waals surface area contributed by atoms with Crippen molar-refractivity contribution in [3.63, 3.8) is 0 Å². The zero-order valence-electron chi connectivity index (χ0n) is 16.9. The second-order valence-corrected chi connectivity index (χ2v) is 10.5. The van der Waals surface area contributed by atoms with Crippen molar-refractivity contribution in [3.05, 3.63) is 53.1 Å². The zero-order chi connectivity index (χ0) is 22.4. The first-order chi connectivity index (χ1) is 14.6. The van der Waals surface area contributed by atoms with Gasteiger partial charge in [-0.3, -0.25) is 0 Å². The molecule has 0 bridgehead atoms. The number of fused-ring (bicyclic) bond motifs is 1. The Morgan fingerprint density at radius 2 is 1.77 bits per heavy atom. The summed E-state index contributed by atoms with van der Waals surface area (Å²) >= 11 is 1.47. The van der Waals surface area contributed by atoms with E-state index in [1.807, 2.05) is 26.0 Å². The number of hydrogen-bond acceptors (Lipinski definition) is 5. The molecule has 1 aliphatic heterocycles. The normalized spacial score (nSPS) is 16.7. The molecule has 0 unspecified atom stereocenters. The Hall–Kier alpha value is -2.17. The van der Waals surface area contributed by atoms with Crippen molar-refractivity contribution in [1.82, 2.24) is 9.29 Å². The molecule has 5 nitrogen and oxygen atoms in total. The summed E-state index contributed by atoms with van der Waals surface area (Å²) in [5.41, 5.74) is 2.11. The topological polar surface area (TPSA) is 59.5 Å². The molecule has 0 spiro atoms. The molecule has 10 heteroatoms. The third-order valence-corrected chi connectivity index (χ3v) is 8.37. The number of thiazole rings is 1. The van der Waals surface area contributed by atoms with Crippen LogP contribution in [0.5, 0.6) is 5.19 Å². The van der Waals surface area contributed by atoms with Crippen molar-refractivity contribution in [2.24, 2.45) is 0 Å². The maximum atomic E-state index is 13.0. The summed E-state index contributed by atoms with van der Waals surface area (Å²) in [6, 6.07) is 7.90. The van der Waals surface area contributed by atoms with Crippen molar-refractivity contribution < 1.29 is 26.3 Å². The molecule has 1 aliphatic rings. The Labute approximate surface area is 182 Å². The third-order valence-electron chi connectivity index (χ3n) is 5.39. The van der Waals surface area contributed by atoms with Gasteiger partial charge >= 0.3 is 6.18 Å². The highest BCUT2D eigenvalue weighted by Gasteiger charge is 2.34. The number of alkyl halides is 3. The number of aryl methyl sites for hydroxylation is 2. The van der Waals surface area contributed by atoms with Crippen molar-refractivity contribution in [2.75, 3.05) is 13.1 Å². The molecule has 166 valence electrons. The molecular formula is C21H21F3N2O3S2. The maximum absolute atomic E-state index is 13.0. The van der Waals surface area contributed by atoms with Gasteiger partial charge in [0.15, 0.2) is 0 Å². The van der Waals surface area contributed by atoms with Gasteiger partial charge in [0, 0.05) is 13.1 Å². The maximum Gasteiger partial charge on any atom is 0.416 e. The molecule has 0 aliphatic carbocycles. The Kier molecular flexibility index (Phi) is 5.74. The Morgan fingerprint density at radius 3 is 2.42 bits per heavy atom. The van der Waals surface area contributed by atoms with E-state index in [-0.39, 0.29) is 24.1 Å². The Bertz CT molecular complexity index is 1180. The lowest BCUT2D eigenvalue weighted by Gasteiger charge is -2.30. The smallest absolute Gasteiger partial charge is 0.416 e. The fraction of sp³-hybridized carbons (Fsp3) is 0.381. The van der Waals surface area contributed by atoms with E-state index in [1.54, 1.807) is 0 Å². The molecule has 0 N–H and O–H groups in total. The van der Waals surface area contributed by atoms with Gasteiger partial charge in [0.05, 0.1) is 20.7 Å². The van der Waals surface area contributed by atoms with Crippen LogP contribution in [0.2, 0.25) is 0 Å². The van der Waals surface area contributed by atoms with Crippen LogP contribution < -0.4 is 4.74 Å². The van der Waals surface area contributed by atoms with Crippen LogP contribution in [-0.4, -0.2) is 36.9 Å². The number of nitrogens with zero attached hydrogens (tertiary/aromatic N) is 2. The molecule has 0 atom stereocenters. The van der Waals surface area contributed by atoms with Crippen LogP contribution in [0.1, 0.15) is 29.5 Å². The van der Waals surface area contributed by atoms with Gasteiger partial charge in [-0.25, -0.2) is 13.4 Å². The minimum absolute atomic E-state index is 0.173. The average molecular weight is 471 g/mol. The van der Waals surface area contributed by atoms with Crippen LogP contribution in [0.25, 0.3) is 10.2 Å². The predicted molar refractivity (Wildman–Crippen MR) is 113 cm³/mol. The minimum atomic E-state index is -4.60. The fourth-order valence-electron chi connectivity index (χ4n) is 3.60. The van der Waals surface area contributed by atoms with E-state index in [4.69, 9.17) is 4.74 Å². The Morgan fingerprint density at radius 1 is 1.10 bits per heavy atom. The lowest BCUT2D eigenvalue weighted by Crippen LogP contribution is -2.41. The van der Waals surface area contributed by atoms with Gasteiger partial charge in [0.25, 0.3) is 5.19 Å². The molecule has 2 aromatic carbocycles. The van der Waals surface area contributed by atoms with Gasteiger partial charge in [-0.15, -0.1) is 0 Å². The van der Waals surface area contributed by atoms with E-state index in [0.717, 1.165) is 33.5 Å². The summed E-state index contributed by atoms with van der Waals surface area (Å²) in [6.45, 7) is 4.35. The van der Waals surface area contributed by atoms with Crippen LogP contribution in [0.15, 0.2) is 41.3 Å². The molecule has 31 heavy (non-hydrogen) atoms. The van der Waals surface area contributed by atoms with Crippen LogP contribution in [0.3, 0.4) is 0 Å². The molecule has 4 rings (SSSR count). The number of aromatic nitrogens is 1. The zero-order valence-corrected chi connectivity index (χ0v) is 18.6. The number of benzene rings is 2. The summed E-state index contributed by atoms with van der Waals surface area (Å²) in [5, 5.41) is 0.548. The summed E-state index contributed by atoms with van der Waals surface area (Å²) in [4.78, 5) is 4.22. The number of piperidine rings is 1. The van der Waals surface area contributed by atoms with E-state index in [0.29, 0.717) is 24.1 Å². The van der Waals surface area contributed by atoms with Crippen molar-refractivity contribution in [1.29, 1.82) is 0 Å². The molecule has 0 amide bonds. The quantitative estimate of drug-likeness (QED) is 0.528. The third kappa shape index (κ3) is 4.42. The highest BCUT2D eigenvalue weighted by atomic mass is 32.2. The summed E-state index contributed by atoms with van der Waals surface area (Å²) in [5.74, 6) is 0. The van der Waals surface area contributed by atoms with Crippen molar-refractivity contribution >= 4 is 31.6 Å². The van der Waals surface area contributed by atoms with E-state index < -0.39 is 21.8 Å². The molecule has 1 aromatic heterocycles. The van der Waals surface area contributed by atoms with Gasteiger partial charge in [-0.05, 0) is 56.0 Å². The van der Waals surface area contributed by atoms with Gasteiger partial charge < -0.3 is 4.74 Å². The van der Waals surface area contributed by atoms with Gasteiger partial charge in [0.1, 0.15) is 6.10 Å². The van der Waals surface area contributed by atoms with Gasteiger partial charge in [0.2, 0.25) is 10.0 Å². The molecule has 1 saturated heterocycles. The highest BCUT2D eigenvalue weighted by molar-refractivity contribution is 7.89. The average Bonchev–Trinajstić information content (AvgIpc) is 3.16. The number of rotatable bonds is 4. The van der Waals surface area contributed by atoms with Crippen molar-refractivity contribution in [3.8, 4) is 5.19 Å². The molecule has 1 fully saturated rings. The second kappa shape index (κ2) is 8.07. The largest absolute Gasteiger partial charge is 0.467 e. The van der Waals surface area contributed by atoms with E-state index in [2.05, 4.69) is 4.98 Å². The minimum Gasteiger partial charge on any atom is -0.467 e. The summed E-state index contributed by atoms with van der Waals surface area (Å²) < 4.78 is 72.8. The van der Waals surface area contributed by atoms with Crippen LogP contribution in [0.4, 0.5) is 13.2 Å². The highest BCUT2D eigenvalue weighted by Crippen LogP contribution is 2.35. The first kappa shape index (κ1) is 22.0. The van der Waals surface area contributed by atoms with Crippen LogP contribution in [0, 0.1) is 13.8 Å². The summed E-state index contributed by atoms with van der Waals surface area (Å²) in [7, 11) is -4.01. The molecule has 3 aromatic rings. The van der Waals surface area contributed by atoms with E-state index in [9.17, 15) is 21.6 Å².